The summed E-state index contributed by atoms with van der Waals surface area (Å²) in [7, 11) is 3.22. The maximum Gasteiger partial charge on any atom is 0.251 e. The highest BCUT2D eigenvalue weighted by Crippen LogP contribution is 2.32. The Kier molecular flexibility index (Phi) is 8.03. The summed E-state index contributed by atoms with van der Waals surface area (Å²) in [5, 5.41) is 10.6. The van der Waals surface area contributed by atoms with Crippen LogP contribution in [0.1, 0.15) is 44.1 Å². The molecule has 2 heterocycles. The molecule has 4 aromatic rings. The minimum absolute atomic E-state index is 0.170. The third kappa shape index (κ3) is 6.06. The first-order chi connectivity index (χ1) is 17.8. The van der Waals surface area contributed by atoms with Crippen molar-refractivity contribution in [2.24, 2.45) is 0 Å². The first kappa shape index (κ1) is 26.1. The zero-order chi connectivity index (χ0) is 26.5. The van der Waals surface area contributed by atoms with Crippen molar-refractivity contribution in [3.63, 3.8) is 0 Å². The molecular weight excluding hydrogens is 466 g/mol. The van der Waals surface area contributed by atoms with Crippen LogP contribution in [0.2, 0.25) is 0 Å². The molecule has 0 fully saturated rings. The van der Waals surface area contributed by atoms with Gasteiger partial charge in [0, 0.05) is 67.0 Å². The molecule has 1 amide bonds. The van der Waals surface area contributed by atoms with Gasteiger partial charge in [-0.2, -0.15) is 5.10 Å². The van der Waals surface area contributed by atoms with Crippen LogP contribution < -0.4 is 20.3 Å². The first-order valence-electron chi connectivity index (χ1n) is 12.5. The zero-order valence-electron chi connectivity index (χ0n) is 22.3. The standard InChI is InChI=1S/C28H35N7O2/c1-18(2)30-9-10-34(23-11-20(28(36)29-5)12-24(13-23)37-6)22-7-8-25-26(14-22)33-27(16-31-25)21-15-32-35(17-21)19(3)4/h7-8,11-19,30H,9-10H2,1-6H3,(H,29,36). The number of nitrogens with zero attached hydrogens (tertiary/aromatic N) is 5. The fraction of sp³-hybridized carbons (Fsp3) is 0.357. The topological polar surface area (TPSA) is 97.2 Å². The number of carbonyl (C=O) groups excluding carboxylic acids is 1. The third-order valence-corrected chi connectivity index (χ3v) is 6.08. The molecule has 9 heteroatoms. The normalized spacial score (nSPS) is 11.4. The van der Waals surface area contributed by atoms with Gasteiger partial charge in [0.1, 0.15) is 5.75 Å². The van der Waals surface area contributed by atoms with Gasteiger partial charge in [0.05, 0.1) is 36.2 Å². The molecule has 2 aromatic heterocycles. The summed E-state index contributed by atoms with van der Waals surface area (Å²) in [5.74, 6) is 0.444. The van der Waals surface area contributed by atoms with Crippen LogP contribution in [0.5, 0.6) is 5.75 Å². The van der Waals surface area contributed by atoms with Crippen molar-refractivity contribution in [3.8, 4) is 17.0 Å². The summed E-state index contributed by atoms with van der Waals surface area (Å²) >= 11 is 0. The van der Waals surface area contributed by atoms with Crippen LogP contribution in [0, 0.1) is 0 Å². The third-order valence-electron chi connectivity index (χ3n) is 6.08. The first-order valence-corrected chi connectivity index (χ1v) is 12.5. The van der Waals surface area contributed by atoms with E-state index in [-0.39, 0.29) is 11.9 Å². The Bertz CT molecular complexity index is 1380. The molecule has 37 heavy (non-hydrogen) atoms. The van der Waals surface area contributed by atoms with Gasteiger partial charge >= 0.3 is 0 Å². The van der Waals surface area contributed by atoms with E-state index in [2.05, 4.69) is 53.3 Å². The Labute approximate surface area is 217 Å². The van der Waals surface area contributed by atoms with Crippen molar-refractivity contribution in [3.05, 3.63) is 60.6 Å². The monoisotopic (exact) mass is 501 g/mol. The number of carbonyl (C=O) groups is 1. The van der Waals surface area contributed by atoms with Crippen LogP contribution in [0.15, 0.2) is 55.0 Å². The van der Waals surface area contributed by atoms with Crippen molar-refractivity contribution in [1.29, 1.82) is 0 Å². The maximum absolute atomic E-state index is 12.5. The molecule has 4 rings (SSSR count). The number of rotatable bonds is 10. The summed E-state index contributed by atoms with van der Waals surface area (Å²) in [6, 6.07) is 12.2. The average Bonchev–Trinajstić information content (AvgIpc) is 3.40. The molecule has 0 bridgehead atoms. The van der Waals surface area contributed by atoms with Gasteiger partial charge < -0.3 is 20.3 Å². The quantitative estimate of drug-likeness (QED) is 0.328. The molecule has 0 atom stereocenters. The van der Waals surface area contributed by atoms with Gasteiger partial charge in [-0.1, -0.05) is 13.8 Å². The van der Waals surface area contributed by atoms with Gasteiger partial charge in [-0.3, -0.25) is 14.5 Å². The van der Waals surface area contributed by atoms with E-state index in [1.807, 2.05) is 47.4 Å². The van der Waals surface area contributed by atoms with E-state index >= 15 is 0 Å². The van der Waals surface area contributed by atoms with Crippen LogP contribution in [0.3, 0.4) is 0 Å². The lowest BCUT2D eigenvalue weighted by atomic mass is 10.1. The van der Waals surface area contributed by atoms with E-state index in [1.165, 1.54) is 0 Å². The van der Waals surface area contributed by atoms with Crippen LogP contribution in [0.4, 0.5) is 11.4 Å². The van der Waals surface area contributed by atoms with Gasteiger partial charge in [-0.25, -0.2) is 4.98 Å². The Morgan fingerprint density at radius 1 is 1.05 bits per heavy atom. The second kappa shape index (κ2) is 11.4. The second-order valence-electron chi connectivity index (χ2n) is 9.49. The van der Waals surface area contributed by atoms with Gasteiger partial charge in [0.15, 0.2) is 0 Å². The predicted molar refractivity (Wildman–Crippen MR) is 148 cm³/mol. The van der Waals surface area contributed by atoms with Crippen LogP contribution in [-0.4, -0.2) is 58.9 Å². The highest BCUT2D eigenvalue weighted by atomic mass is 16.5. The van der Waals surface area contributed by atoms with Crippen molar-refractivity contribution < 1.29 is 9.53 Å². The number of hydrogen-bond acceptors (Lipinski definition) is 7. The van der Waals surface area contributed by atoms with Crippen molar-refractivity contribution in [1.82, 2.24) is 30.4 Å². The molecule has 0 unspecified atom stereocenters. The summed E-state index contributed by atoms with van der Waals surface area (Å²) in [6.07, 6.45) is 5.59. The van der Waals surface area contributed by atoms with Crippen LogP contribution in [-0.2, 0) is 0 Å². The van der Waals surface area contributed by atoms with Crippen LogP contribution in [0.25, 0.3) is 22.3 Å². The largest absolute Gasteiger partial charge is 0.497 e. The van der Waals surface area contributed by atoms with Crippen molar-refractivity contribution in [2.75, 3.05) is 32.1 Å². The second-order valence-corrected chi connectivity index (χ2v) is 9.49. The molecule has 0 aliphatic heterocycles. The lowest BCUT2D eigenvalue weighted by Crippen LogP contribution is -2.32. The highest BCUT2D eigenvalue weighted by Gasteiger charge is 2.16. The molecule has 0 spiro atoms. The average molecular weight is 502 g/mol. The predicted octanol–water partition coefficient (Wildman–Crippen LogP) is 4.58. The van der Waals surface area contributed by atoms with E-state index in [0.717, 1.165) is 40.2 Å². The molecule has 0 aliphatic carbocycles. The SMILES string of the molecule is CNC(=O)c1cc(OC)cc(N(CCNC(C)C)c2ccc3ncc(-c4cnn(C(C)C)c4)nc3c2)c1. The lowest BCUT2D eigenvalue weighted by molar-refractivity contribution is 0.0962. The Morgan fingerprint density at radius 2 is 1.86 bits per heavy atom. The number of amides is 1. The number of anilines is 2. The summed E-state index contributed by atoms with van der Waals surface area (Å²) in [5.41, 5.74) is 5.61. The number of hydrogen-bond donors (Lipinski definition) is 2. The highest BCUT2D eigenvalue weighted by molar-refractivity contribution is 5.96. The molecule has 0 radical (unpaired) electrons. The van der Waals surface area contributed by atoms with E-state index < -0.39 is 0 Å². The Hall–Kier alpha value is -3.98. The molecule has 0 saturated carbocycles. The fourth-order valence-corrected chi connectivity index (χ4v) is 4.06. The Balaban J connectivity index is 1.77. The van der Waals surface area contributed by atoms with Crippen molar-refractivity contribution >= 4 is 28.3 Å². The van der Waals surface area contributed by atoms with Gasteiger partial charge in [0.25, 0.3) is 5.91 Å². The Morgan fingerprint density at radius 3 is 2.54 bits per heavy atom. The number of benzene rings is 2. The number of methoxy groups -OCH3 is 1. The number of nitrogens with one attached hydrogen (secondary N) is 2. The van der Waals surface area contributed by atoms with E-state index in [9.17, 15) is 4.79 Å². The lowest BCUT2D eigenvalue weighted by Gasteiger charge is -2.27. The van der Waals surface area contributed by atoms with E-state index in [0.29, 0.717) is 23.9 Å². The molecule has 0 aliphatic rings. The van der Waals surface area contributed by atoms with Gasteiger partial charge in [0.2, 0.25) is 0 Å². The summed E-state index contributed by atoms with van der Waals surface area (Å²) < 4.78 is 7.43. The maximum atomic E-state index is 12.5. The minimum Gasteiger partial charge on any atom is -0.497 e. The number of ether oxygens (including phenoxy) is 1. The van der Waals surface area contributed by atoms with E-state index in [4.69, 9.17) is 9.72 Å². The van der Waals surface area contributed by atoms with E-state index in [1.54, 1.807) is 26.4 Å². The molecule has 2 aromatic carbocycles. The summed E-state index contributed by atoms with van der Waals surface area (Å²) in [6.45, 7) is 9.85. The molecule has 2 N–H and O–H groups in total. The summed E-state index contributed by atoms with van der Waals surface area (Å²) in [4.78, 5) is 24.2. The van der Waals surface area contributed by atoms with Gasteiger partial charge in [-0.05, 0) is 44.2 Å². The fourth-order valence-electron chi connectivity index (χ4n) is 4.06. The van der Waals surface area contributed by atoms with Crippen molar-refractivity contribution in [2.45, 2.75) is 39.8 Å². The minimum atomic E-state index is -0.170. The molecule has 9 nitrogen and oxygen atoms in total. The number of fused-ring (bicyclic) bond motifs is 1. The zero-order valence-corrected chi connectivity index (χ0v) is 22.3. The van der Waals surface area contributed by atoms with Crippen LogP contribution >= 0.6 is 0 Å². The smallest absolute Gasteiger partial charge is 0.251 e. The molecule has 194 valence electrons. The molecular formula is C28H35N7O2. The van der Waals surface area contributed by atoms with Gasteiger partial charge in [-0.15, -0.1) is 0 Å². The number of aromatic nitrogens is 4. The molecule has 0 saturated heterocycles.